The Morgan fingerprint density at radius 2 is 1.56 bits per heavy atom. The zero-order valence-electron chi connectivity index (χ0n) is 16.2. The maximum absolute atomic E-state index is 13.3. The van der Waals surface area contributed by atoms with Crippen LogP contribution < -0.4 is 10.1 Å². The summed E-state index contributed by atoms with van der Waals surface area (Å²) in [7, 11) is 0. The van der Waals surface area contributed by atoms with E-state index < -0.39 is 0 Å². The van der Waals surface area contributed by atoms with Gasteiger partial charge in [0.1, 0.15) is 11.5 Å². The summed E-state index contributed by atoms with van der Waals surface area (Å²) in [6.07, 6.45) is 3.81. The molecule has 27 heavy (non-hydrogen) atoms. The summed E-state index contributed by atoms with van der Waals surface area (Å²) in [4.78, 5) is 15.8. The van der Waals surface area contributed by atoms with E-state index in [2.05, 4.69) is 24.1 Å². The highest BCUT2D eigenvalue weighted by atomic mass is 16.5. The molecule has 1 N–H and O–H groups in total. The molecule has 0 bridgehead atoms. The number of piperidine rings is 1. The number of hydrogen-bond acceptors (Lipinski definition) is 3. The Bertz CT molecular complexity index is 779. The van der Waals surface area contributed by atoms with Crippen LogP contribution in [0.2, 0.25) is 0 Å². The van der Waals surface area contributed by atoms with Crippen LogP contribution in [-0.2, 0) is 4.79 Å². The molecule has 1 fully saturated rings. The van der Waals surface area contributed by atoms with Crippen molar-refractivity contribution < 1.29 is 9.53 Å². The Balaban J connectivity index is 1.55. The largest absolute Gasteiger partial charge is 0.457 e. The van der Waals surface area contributed by atoms with E-state index in [1.807, 2.05) is 48.5 Å². The third kappa shape index (κ3) is 3.59. The van der Waals surface area contributed by atoms with Gasteiger partial charge in [0.05, 0.1) is 5.92 Å². The van der Waals surface area contributed by atoms with Gasteiger partial charge < -0.3 is 10.1 Å². The van der Waals surface area contributed by atoms with Gasteiger partial charge in [-0.05, 0) is 51.9 Å². The Kier molecular flexibility index (Phi) is 4.92. The van der Waals surface area contributed by atoms with E-state index in [1.165, 1.54) is 19.3 Å². The fourth-order valence-corrected chi connectivity index (χ4v) is 4.21. The first kappa shape index (κ1) is 18.1. The molecule has 0 aromatic heterocycles. The molecular weight excluding hydrogens is 336 g/mol. The van der Waals surface area contributed by atoms with E-state index in [1.54, 1.807) is 0 Å². The van der Waals surface area contributed by atoms with Gasteiger partial charge >= 0.3 is 0 Å². The maximum atomic E-state index is 13.3. The minimum atomic E-state index is -0.330. The lowest BCUT2D eigenvalue weighted by atomic mass is 9.87. The van der Waals surface area contributed by atoms with E-state index in [9.17, 15) is 4.79 Å². The van der Waals surface area contributed by atoms with Crippen LogP contribution in [0.15, 0.2) is 48.5 Å². The summed E-state index contributed by atoms with van der Waals surface area (Å²) in [6, 6.07) is 15.7. The number of hydrogen-bond donors (Lipinski definition) is 1. The highest BCUT2D eigenvalue weighted by Crippen LogP contribution is 2.43. The van der Waals surface area contributed by atoms with Gasteiger partial charge in [-0.25, -0.2) is 0 Å². The van der Waals surface area contributed by atoms with Crippen LogP contribution in [0.3, 0.4) is 0 Å². The Morgan fingerprint density at radius 1 is 1.00 bits per heavy atom. The van der Waals surface area contributed by atoms with Crippen molar-refractivity contribution in [2.45, 2.75) is 44.6 Å². The van der Waals surface area contributed by atoms with Crippen molar-refractivity contribution in [3.8, 4) is 11.5 Å². The van der Waals surface area contributed by atoms with Gasteiger partial charge in [0, 0.05) is 23.2 Å². The standard InChI is InChI=1S/C23H28N2O2/c1-23(2,25-14-8-3-9-15-25)16-24-22(26)21-17-10-4-6-12-19(17)27-20-13-7-5-11-18(20)21/h4-7,10-13,21H,3,8-9,14-16H2,1-2H3,(H,24,26). The average Bonchev–Trinajstić information content (AvgIpc) is 2.71. The summed E-state index contributed by atoms with van der Waals surface area (Å²) in [5.41, 5.74) is 1.83. The van der Waals surface area contributed by atoms with Gasteiger partial charge in [0.25, 0.3) is 0 Å². The zero-order chi connectivity index (χ0) is 18.9. The molecule has 1 amide bonds. The predicted molar refractivity (Wildman–Crippen MR) is 107 cm³/mol. The van der Waals surface area contributed by atoms with Gasteiger partial charge in [0.15, 0.2) is 0 Å². The first-order valence-electron chi connectivity index (χ1n) is 9.95. The van der Waals surface area contributed by atoms with Crippen molar-refractivity contribution in [2.75, 3.05) is 19.6 Å². The molecule has 0 spiro atoms. The molecule has 0 radical (unpaired) electrons. The van der Waals surface area contributed by atoms with Crippen LogP contribution in [0.5, 0.6) is 11.5 Å². The van der Waals surface area contributed by atoms with Gasteiger partial charge in [-0.3, -0.25) is 9.69 Å². The lowest BCUT2D eigenvalue weighted by Crippen LogP contribution is -2.53. The molecule has 2 aromatic rings. The second kappa shape index (κ2) is 7.35. The second-order valence-electron chi connectivity index (χ2n) is 8.19. The van der Waals surface area contributed by atoms with Crippen molar-refractivity contribution >= 4 is 5.91 Å². The molecule has 2 heterocycles. The summed E-state index contributed by atoms with van der Waals surface area (Å²) in [5.74, 6) is 1.25. The number of fused-ring (bicyclic) bond motifs is 2. The number of nitrogens with one attached hydrogen (secondary N) is 1. The molecule has 0 saturated carbocycles. The average molecular weight is 364 g/mol. The first-order chi connectivity index (χ1) is 13.1. The first-order valence-corrected chi connectivity index (χ1v) is 9.95. The number of benzene rings is 2. The molecular formula is C23H28N2O2. The van der Waals surface area contributed by atoms with Crippen LogP contribution in [0, 0.1) is 0 Å². The van der Waals surface area contributed by atoms with E-state index >= 15 is 0 Å². The molecule has 1 saturated heterocycles. The molecule has 0 aliphatic carbocycles. The lowest BCUT2D eigenvalue weighted by molar-refractivity contribution is -0.122. The summed E-state index contributed by atoms with van der Waals surface area (Å²) < 4.78 is 6.01. The number of ether oxygens (including phenoxy) is 1. The fraction of sp³-hybridized carbons (Fsp3) is 0.435. The number of nitrogens with zero attached hydrogens (tertiary/aromatic N) is 1. The Morgan fingerprint density at radius 3 is 2.15 bits per heavy atom. The Labute approximate surface area is 161 Å². The van der Waals surface area contributed by atoms with E-state index in [0.29, 0.717) is 6.54 Å². The third-order valence-corrected chi connectivity index (χ3v) is 5.85. The number of rotatable bonds is 4. The van der Waals surface area contributed by atoms with Gasteiger partial charge in [-0.2, -0.15) is 0 Å². The second-order valence-corrected chi connectivity index (χ2v) is 8.19. The Hall–Kier alpha value is -2.33. The van der Waals surface area contributed by atoms with Crippen LogP contribution in [0.1, 0.15) is 50.2 Å². The van der Waals surface area contributed by atoms with Crippen LogP contribution in [0.4, 0.5) is 0 Å². The zero-order valence-corrected chi connectivity index (χ0v) is 16.2. The SMILES string of the molecule is CC(C)(CNC(=O)C1c2ccccc2Oc2ccccc21)N1CCCCC1. The van der Waals surface area contributed by atoms with Gasteiger partial charge in [-0.15, -0.1) is 0 Å². The van der Waals surface area contributed by atoms with Crippen LogP contribution in [-0.4, -0.2) is 36.0 Å². The van der Waals surface area contributed by atoms with Crippen LogP contribution >= 0.6 is 0 Å². The number of carbonyl (C=O) groups excluding carboxylic acids is 1. The summed E-state index contributed by atoms with van der Waals surface area (Å²) in [5, 5.41) is 3.24. The molecule has 4 nitrogen and oxygen atoms in total. The normalized spacial score (nSPS) is 17.6. The minimum absolute atomic E-state index is 0.0414. The third-order valence-electron chi connectivity index (χ3n) is 5.85. The maximum Gasteiger partial charge on any atom is 0.232 e. The van der Waals surface area contributed by atoms with Crippen molar-refractivity contribution in [3.63, 3.8) is 0 Å². The van der Waals surface area contributed by atoms with E-state index in [4.69, 9.17) is 4.74 Å². The van der Waals surface area contributed by atoms with Crippen molar-refractivity contribution in [1.29, 1.82) is 0 Å². The highest BCUT2D eigenvalue weighted by molar-refractivity contribution is 5.89. The van der Waals surface area contributed by atoms with Gasteiger partial charge in [0.2, 0.25) is 5.91 Å². The summed E-state index contributed by atoms with van der Waals surface area (Å²) in [6.45, 7) is 7.33. The predicted octanol–water partition coefficient (Wildman–Crippen LogP) is 4.30. The van der Waals surface area contributed by atoms with Crippen LogP contribution in [0.25, 0.3) is 0 Å². The smallest absolute Gasteiger partial charge is 0.232 e. The number of likely N-dealkylation sites (tertiary alicyclic amines) is 1. The van der Waals surface area contributed by atoms with E-state index in [-0.39, 0.29) is 17.4 Å². The lowest BCUT2D eigenvalue weighted by Gasteiger charge is -2.41. The molecule has 4 rings (SSSR count). The van der Waals surface area contributed by atoms with Crippen molar-refractivity contribution in [2.24, 2.45) is 0 Å². The molecule has 2 aromatic carbocycles. The topological polar surface area (TPSA) is 41.6 Å². The minimum Gasteiger partial charge on any atom is -0.457 e. The molecule has 2 aliphatic heterocycles. The van der Waals surface area contributed by atoms with Crippen molar-refractivity contribution in [3.05, 3.63) is 59.7 Å². The molecule has 2 aliphatic rings. The summed E-state index contributed by atoms with van der Waals surface area (Å²) >= 11 is 0. The molecule has 4 heteroatoms. The van der Waals surface area contributed by atoms with Gasteiger partial charge in [-0.1, -0.05) is 42.8 Å². The highest BCUT2D eigenvalue weighted by Gasteiger charge is 2.34. The molecule has 142 valence electrons. The number of amides is 1. The monoisotopic (exact) mass is 364 g/mol. The van der Waals surface area contributed by atoms with Crippen molar-refractivity contribution in [1.82, 2.24) is 10.2 Å². The molecule has 0 unspecified atom stereocenters. The number of carbonyl (C=O) groups is 1. The van der Waals surface area contributed by atoms with E-state index in [0.717, 1.165) is 35.7 Å². The molecule has 0 atom stereocenters. The fourth-order valence-electron chi connectivity index (χ4n) is 4.21. The number of para-hydroxylation sites is 2. The quantitative estimate of drug-likeness (QED) is 0.879.